The van der Waals surface area contributed by atoms with Crippen LogP contribution < -0.4 is 5.32 Å². The van der Waals surface area contributed by atoms with E-state index in [9.17, 15) is 9.59 Å². The number of hydrogen-bond donors (Lipinski definition) is 1. The molecule has 0 aromatic heterocycles. The van der Waals surface area contributed by atoms with E-state index < -0.39 is 12.0 Å². The first-order chi connectivity index (χ1) is 11.0. The van der Waals surface area contributed by atoms with Crippen LogP contribution in [0, 0.1) is 0 Å². The summed E-state index contributed by atoms with van der Waals surface area (Å²) in [7, 11) is 0. The van der Waals surface area contributed by atoms with Gasteiger partial charge in [0.2, 0.25) is 0 Å². The van der Waals surface area contributed by atoms with Crippen LogP contribution >= 0.6 is 11.6 Å². The average Bonchev–Trinajstić information content (AvgIpc) is 3.31. The number of allylic oxidation sites excluding steroid dienone is 1. The van der Waals surface area contributed by atoms with Crippen molar-refractivity contribution in [3.63, 3.8) is 0 Å². The van der Waals surface area contributed by atoms with E-state index >= 15 is 0 Å². The molecule has 122 valence electrons. The Balaban J connectivity index is 2.06. The van der Waals surface area contributed by atoms with Crippen LogP contribution in [0.4, 0.5) is 4.79 Å². The molecule has 1 aromatic rings. The van der Waals surface area contributed by atoms with Crippen molar-refractivity contribution in [3.05, 3.63) is 46.1 Å². The molecule has 6 heteroatoms. The monoisotopic (exact) mass is 334 g/mol. The van der Waals surface area contributed by atoms with Crippen molar-refractivity contribution in [2.24, 2.45) is 0 Å². The molecule has 0 radical (unpaired) electrons. The molecule has 5 nitrogen and oxygen atoms in total. The topological polar surface area (TPSA) is 58.6 Å². The highest BCUT2D eigenvalue weighted by Gasteiger charge is 2.42. The molecule has 23 heavy (non-hydrogen) atoms. The molecule has 1 aliphatic carbocycles. The van der Waals surface area contributed by atoms with Crippen molar-refractivity contribution in [3.8, 4) is 0 Å². The van der Waals surface area contributed by atoms with Gasteiger partial charge in [-0.1, -0.05) is 23.7 Å². The molecule has 1 aliphatic heterocycles. The number of nitrogens with one attached hydrogen (secondary N) is 1. The Hall–Kier alpha value is -2.01. The number of rotatable bonds is 4. The van der Waals surface area contributed by atoms with Crippen molar-refractivity contribution < 1.29 is 14.3 Å². The highest BCUT2D eigenvalue weighted by Crippen LogP contribution is 2.38. The quantitative estimate of drug-likeness (QED) is 0.858. The molecule has 1 aromatic carbocycles. The summed E-state index contributed by atoms with van der Waals surface area (Å²) in [6.45, 7) is 3.86. The molecular formula is C17H19ClN2O3. The van der Waals surface area contributed by atoms with Crippen molar-refractivity contribution in [2.75, 3.05) is 6.61 Å². The third-order valence-electron chi connectivity index (χ3n) is 4.12. The van der Waals surface area contributed by atoms with Gasteiger partial charge in [0.05, 0.1) is 18.2 Å². The summed E-state index contributed by atoms with van der Waals surface area (Å²) in [6, 6.07) is 6.61. The van der Waals surface area contributed by atoms with Crippen LogP contribution in [-0.2, 0) is 9.53 Å². The summed E-state index contributed by atoms with van der Waals surface area (Å²) in [6.07, 6.45) is 1.92. The number of nitrogens with zero attached hydrogens (tertiary/aromatic N) is 1. The molecule has 1 N–H and O–H groups in total. The van der Waals surface area contributed by atoms with E-state index in [-0.39, 0.29) is 18.7 Å². The molecule has 0 spiro atoms. The summed E-state index contributed by atoms with van der Waals surface area (Å²) in [5.74, 6) is -0.402. The fourth-order valence-electron chi connectivity index (χ4n) is 2.94. The predicted molar refractivity (Wildman–Crippen MR) is 86.9 cm³/mol. The van der Waals surface area contributed by atoms with Gasteiger partial charge in [0.25, 0.3) is 0 Å². The lowest BCUT2D eigenvalue weighted by molar-refractivity contribution is -0.139. The summed E-state index contributed by atoms with van der Waals surface area (Å²) >= 11 is 6.06. The molecule has 2 aliphatic rings. The number of carbonyl (C=O) groups excluding carboxylic acids is 2. The summed E-state index contributed by atoms with van der Waals surface area (Å²) < 4.78 is 5.21. The zero-order chi connectivity index (χ0) is 16.6. The number of urea groups is 1. The second-order valence-electron chi connectivity index (χ2n) is 5.76. The summed E-state index contributed by atoms with van der Waals surface area (Å²) in [4.78, 5) is 26.6. The van der Waals surface area contributed by atoms with Crippen molar-refractivity contribution >= 4 is 23.6 Å². The van der Waals surface area contributed by atoms with Crippen molar-refractivity contribution in [1.82, 2.24) is 10.2 Å². The van der Waals surface area contributed by atoms with Gasteiger partial charge in [-0.3, -0.25) is 4.90 Å². The highest BCUT2D eigenvalue weighted by atomic mass is 35.5. The first-order valence-corrected chi connectivity index (χ1v) is 8.13. The van der Waals surface area contributed by atoms with Gasteiger partial charge in [0, 0.05) is 16.8 Å². The SMILES string of the molecule is CCOC(=O)C1=C(C)N(C2CC2)C(=O)NC1c1cccc(Cl)c1. The van der Waals surface area contributed by atoms with E-state index in [1.165, 1.54) is 0 Å². The van der Waals surface area contributed by atoms with Crippen LogP contribution in [0.2, 0.25) is 5.02 Å². The fraction of sp³-hybridized carbons (Fsp3) is 0.412. The molecule has 1 unspecified atom stereocenters. The van der Waals surface area contributed by atoms with Crippen LogP contribution in [-0.4, -0.2) is 29.5 Å². The van der Waals surface area contributed by atoms with E-state index in [1.54, 1.807) is 36.9 Å². The summed E-state index contributed by atoms with van der Waals surface area (Å²) in [5, 5.41) is 3.48. The average molecular weight is 335 g/mol. The van der Waals surface area contributed by atoms with Gasteiger partial charge in [0.1, 0.15) is 0 Å². The molecule has 0 bridgehead atoms. The Kier molecular flexibility index (Phi) is 4.31. The maximum atomic E-state index is 12.5. The Morgan fingerprint density at radius 3 is 2.78 bits per heavy atom. The van der Waals surface area contributed by atoms with Gasteiger partial charge >= 0.3 is 12.0 Å². The zero-order valence-electron chi connectivity index (χ0n) is 13.1. The minimum atomic E-state index is -0.546. The largest absolute Gasteiger partial charge is 0.463 e. The standard InChI is InChI=1S/C17H19ClN2O3/c1-3-23-16(21)14-10(2)20(13-7-8-13)17(22)19-15(14)11-5-4-6-12(18)9-11/h4-6,9,13,15H,3,7-8H2,1-2H3,(H,19,22). The Bertz CT molecular complexity index is 682. The first-order valence-electron chi connectivity index (χ1n) is 7.76. The Morgan fingerprint density at radius 2 is 2.17 bits per heavy atom. The normalized spacial score (nSPS) is 21.3. The predicted octanol–water partition coefficient (Wildman–Crippen LogP) is 3.41. The maximum absolute atomic E-state index is 12.5. The molecule has 1 heterocycles. The van der Waals surface area contributed by atoms with Crippen LogP contribution in [0.15, 0.2) is 35.5 Å². The summed E-state index contributed by atoms with van der Waals surface area (Å²) in [5.41, 5.74) is 1.91. The number of halogens is 1. The van der Waals surface area contributed by atoms with Gasteiger partial charge in [-0.25, -0.2) is 9.59 Å². The fourth-order valence-corrected chi connectivity index (χ4v) is 3.14. The second kappa shape index (κ2) is 6.24. The molecule has 1 atom stereocenters. The van der Waals surface area contributed by atoms with Gasteiger partial charge in [-0.2, -0.15) is 0 Å². The lowest BCUT2D eigenvalue weighted by atomic mass is 9.95. The lowest BCUT2D eigenvalue weighted by Gasteiger charge is -2.35. The maximum Gasteiger partial charge on any atom is 0.338 e. The van der Waals surface area contributed by atoms with Crippen LogP contribution in [0.1, 0.15) is 38.3 Å². The van der Waals surface area contributed by atoms with Gasteiger partial charge < -0.3 is 10.1 Å². The Labute approximate surface area is 140 Å². The minimum Gasteiger partial charge on any atom is -0.463 e. The van der Waals surface area contributed by atoms with Gasteiger partial charge in [0.15, 0.2) is 0 Å². The molecule has 1 saturated carbocycles. The third-order valence-corrected chi connectivity index (χ3v) is 4.35. The lowest BCUT2D eigenvalue weighted by Crippen LogP contribution is -2.48. The molecule has 3 rings (SSSR count). The van der Waals surface area contributed by atoms with E-state index in [4.69, 9.17) is 16.3 Å². The van der Waals surface area contributed by atoms with E-state index in [1.807, 2.05) is 6.07 Å². The van der Waals surface area contributed by atoms with Crippen molar-refractivity contribution in [1.29, 1.82) is 0 Å². The number of esters is 1. The third kappa shape index (κ3) is 3.06. The zero-order valence-corrected chi connectivity index (χ0v) is 13.9. The van der Waals surface area contributed by atoms with Gasteiger partial charge in [-0.15, -0.1) is 0 Å². The Morgan fingerprint density at radius 1 is 1.43 bits per heavy atom. The van der Waals surface area contributed by atoms with E-state index in [2.05, 4.69) is 5.32 Å². The van der Waals surface area contributed by atoms with Crippen LogP contribution in [0.25, 0.3) is 0 Å². The molecule has 1 fully saturated rings. The molecular weight excluding hydrogens is 316 g/mol. The molecule has 2 amide bonds. The van der Waals surface area contributed by atoms with Crippen molar-refractivity contribution in [2.45, 2.75) is 38.8 Å². The highest BCUT2D eigenvalue weighted by molar-refractivity contribution is 6.30. The van der Waals surface area contributed by atoms with E-state index in [0.29, 0.717) is 16.3 Å². The molecule has 0 saturated heterocycles. The van der Waals surface area contributed by atoms with E-state index in [0.717, 1.165) is 18.4 Å². The minimum absolute atomic E-state index is 0.178. The first kappa shape index (κ1) is 15.9. The van der Waals surface area contributed by atoms with Crippen LogP contribution in [0.5, 0.6) is 0 Å². The number of amides is 2. The smallest absolute Gasteiger partial charge is 0.338 e. The van der Waals surface area contributed by atoms with Gasteiger partial charge in [-0.05, 0) is 44.4 Å². The second-order valence-corrected chi connectivity index (χ2v) is 6.19. The number of hydrogen-bond acceptors (Lipinski definition) is 3. The van der Waals surface area contributed by atoms with Crippen LogP contribution in [0.3, 0.4) is 0 Å². The number of benzene rings is 1. The number of ether oxygens (including phenoxy) is 1. The number of carbonyl (C=O) groups is 2.